The van der Waals surface area contributed by atoms with Crippen LogP contribution in [0.3, 0.4) is 0 Å². The van der Waals surface area contributed by atoms with E-state index in [4.69, 9.17) is 5.73 Å². The smallest absolute Gasteiger partial charge is 0.00745 e. The van der Waals surface area contributed by atoms with E-state index in [0.717, 1.165) is 13.0 Å². The second-order valence-electron chi connectivity index (χ2n) is 6.22. The van der Waals surface area contributed by atoms with E-state index in [1.165, 1.54) is 11.1 Å². The molecule has 2 atom stereocenters. The minimum Gasteiger partial charge on any atom is -0.330 e. The van der Waals surface area contributed by atoms with Crippen LogP contribution in [-0.2, 0) is 5.41 Å². The molecule has 1 rings (SSSR count). The van der Waals surface area contributed by atoms with E-state index in [-0.39, 0.29) is 5.41 Å². The van der Waals surface area contributed by atoms with Gasteiger partial charge in [0.2, 0.25) is 0 Å². The molecule has 0 fully saturated rings. The van der Waals surface area contributed by atoms with Crippen molar-refractivity contribution in [2.75, 3.05) is 6.54 Å². The van der Waals surface area contributed by atoms with Crippen LogP contribution in [0.4, 0.5) is 0 Å². The topological polar surface area (TPSA) is 26.0 Å². The Balaban J connectivity index is 2.80. The maximum atomic E-state index is 5.63. The Kier molecular flexibility index (Phi) is 4.76. The van der Waals surface area contributed by atoms with Crippen LogP contribution in [0.1, 0.15) is 58.1 Å². The average Bonchev–Trinajstić information content (AvgIpc) is 2.27. The molecule has 0 bridgehead atoms. The van der Waals surface area contributed by atoms with Gasteiger partial charge >= 0.3 is 0 Å². The van der Waals surface area contributed by atoms with Crippen molar-refractivity contribution in [2.45, 2.75) is 52.4 Å². The molecule has 0 spiro atoms. The number of hydrogen-bond acceptors (Lipinski definition) is 1. The molecular weight excluding hydrogens is 206 g/mol. The average molecular weight is 233 g/mol. The van der Waals surface area contributed by atoms with Gasteiger partial charge in [0.05, 0.1) is 0 Å². The summed E-state index contributed by atoms with van der Waals surface area (Å²) in [5, 5.41) is 0. The molecule has 2 N–H and O–H groups in total. The van der Waals surface area contributed by atoms with E-state index in [1.807, 2.05) is 0 Å². The lowest BCUT2D eigenvalue weighted by Gasteiger charge is -2.22. The van der Waals surface area contributed by atoms with Gasteiger partial charge in [-0.05, 0) is 41.3 Å². The molecule has 1 nitrogen and oxygen atoms in total. The minimum absolute atomic E-state index is 0.241. The molecule has 0 saturated heterocycles. The summed E-state index contributed by atoms with van der Waals surface area (Å²) in [5.74, 6) is 1.24. The highest BCUT2D eigenvalue weighted by molar-refractivity contribution is 5.29. The largest absolute Gasteiger partial charge is 0.330 e. The van der Waals surface area contributed by atoms with Crippen molar-refractivity contribution in [3.63, 3.8) is 0 Å². The van der Waals surface area contributed by atoms with E-state index in [1.54, 1.807) is 0 Å². The Morgan fingerprint density at radius 2 is 1.59 bits per heavy atom. The third kappa shape index (κ3) is 3.85. The fourth-order valence-electron chi connectivity index (χ4n) is 2.13. The molecule has 0 amide bonds. The van der Waals surface area contributed by atoms with Crippen LogP contribution < -0.4 is 5.73 Å². The number of hydrogen-bond donors (Lipinski definition) is 1. The molecule has 1 heteroatoms. The van der Waals surface area contributed by atoms with Crippen molar-refractivity contribution in [3.05, 3.63) is 35.4 Å². The van der Waals surface area contributed by atoms with Gasteiger partial charge in [0.25, 0.3) is 0 Å². The Morgan fingerprint density at radius 1 is 1.06 bits per heavy atom. The van der Waals surface area contributed by atoms with Crippen molar-refractivity contribution >= 4 is 0 Å². The summed E-state index contributed by atoms with van der Waals surface area (Å²) in [6.07, 6.45) is 1.10. The van der Waals surface area contributed by atoms with Crippen LogP contribution in [0.5, 0.6) is 0 Å². The molecule has 0 aliphatic carbocycles. The minimum atomic E-state index is 0.241. The van der Waals surface area contributed by atoms with Crippen LogP contribution >= 0.6 is 0 Å². The summed E-state index contributed by atoms with van der Waals surface area (Å²) in [6.45, 7) is 12.1. The maximum Gasteiger partial charge on any atom is -0.00745 e. The van der Waals surface area contributed by atoms with E-state index in [2.05, 4.69) is 58.9 Å². The van der Waals surface area contributed by atoms with Crippen molar-refractivity contribution in [2.24, 2.45) is 11.7 Å². The molecule has 1 aromatic rings. The zero-order valence-electron chi connectivity index (χ0n) is 12.0. The van der Waals surface area contributed by atoms with Gasteiger partial charge in [-0.3, -0.25) is 0 Å². The summed E-state index contributed by atoms with van der Waals surface area (Å²) < 4.78 is 0. The molecule has 96 valence electrons. The van der Waals surface area contributed by atoms with Crippen LogP contribution in [0.25, 0.3) is 0 Å². The molecule has 0 heterocycles. The molecule has 1 aromatic carbocycles. The lowest BCUT2D eigenvalue weighted by molar-refractivity contribution is 0.459. The predicted octanol–water partition coefficient (Wildman–Crippen LogP) is 4.07. The number of benzene rings is 1. The highest BCUT2D eigenvalue weighted by Gasteiger charge is 2.16. The normalized spacial score (nSPS) is 15.6. The van der Waals surface area contributed by atoms with Gasteiger partial charge in [0, 0.05) is 0 Å². The quantitative estimate of drug-likeness (QED) is 0.833. The zero-order valence-corrected chi connectivity index (χ0v) is 12.0. The molecule has 17 heavy (non-hydrogen) atoms. The van der Waals surface area contributed by atoms with Gasteiger partial charge in [-0.25, -0.2) is 0 Å². The van der Waals surface area contributed by atoms with Crippen molar-refractivity contribution in [3.8, 4) is 0 Å². The SMILES string of the molecule is CC(CCN)C(C)c1ccc(C(C)(C)C)cc1. The Morgan fingerprint density at radius 3 is 2.00 bits per heavy atom. The first-order valence-electron chi connectivity index (χ1n) is 6.66. The Labute approximate surface area is 106 Å². The van der Waals surface area contributed by atoms with E-state index in [0.29, 0.717) is 11.8 Å². The first-order valence-corrected chi connectivity index (χ1v) is 6.66. The summed E-state index contributed by atoms with van der Waals surface area (Å²) in [4.78, 5) is 0. The van der Waals surface area contributed by atoms with Gasteiger partial charge in [-0.15, -0.1) is 0 Å². The van der Waals surface area contributed by atoms with Crippen LogP contribution in [0.2, 0.25) is 0 Å². The number of nitrogens with two attached hydrogens (primary N) is 1. The molecule has 0 aromatic heterocycles. The summed E-state index contributed by atoms with van der Waals surface area (Å²) in [6, 6.07) is 9.08. The fourth-order valence-corrected chi connectivity index (χ4v) is 2.13. The van der Waals surface area contributed by atoms with Gasteiger partial charge < -0.3 is 5.73 Å². The van der Waals surface area contributed by atoms with Gasteiger partial charge in [0.15, 0.2) is 0 Å². The van der Waals surface area contributed by atoms with E-state index in [9.17, 15) is 0 Å². The van der Waals surface area contributed by atoms with Crippen molar-refractivity contribution < 1.29 is 0 Å². The second kappa shape index (κ2) is 5.68. The highest BCUT2D eigenvalue weighted by atomic mass is 14.5. The lowest BCUT2D eigenvalue weighted by Crippen LogP contribution is -2.13. The third-order valence-corrected chi connectivity index (χ3v) is 3.78. The number of rotatable bonds is 4. The lowest BCUT2D eigenvalue weighted by atomic mass is 9.83. The highest BCUT2D eigenvalue weighted by Crippen LogP contribution is 2.28. The molecular formula is C16H27N. The standard InChI is InChI=1S/C16H27N/c1-12(10-11-17)13(2)14-6-8-15(9-7-14)16(3,4)5/h6-9,12-13H,10-11,17H2,1-5H3. The fraction of sp³-hybridized carbons (Fsp3) is 0.625. The predicted molar refractivity (Wildman–Crippen MR) is 76.4 cm³/mol. The molecule has 0 aliphatic rings. The summed E-state index contributed by atoms with van der Waals surface area (Å²) in [5.41, 5.74) is 8.70. The van der Waals surface area contributed by atoms with Crippen LogP contribution in [0.15, 0.2) is 24.3 Å². The van der Waals surface area contributed by atoms with Gasteiger partial charge in [-0.1, -0.05) is 58.9 Å². The van der Waals surface area contributed by atoms with E-state index < -0.39 is 0 Å². The van der Waals surface area contributed by atoms with Crippen molar-refractivity contribution in [1.29, 1.82) is 0 Å². The van der Waals surface area contributed by atoms with Crippen molar-refractivity contribution in [1.82, 2.24) is 0 Å². The first-order chi connectivity index (χ1) is 7.86. The molecule has 2 unspecified atom stereocenters. The third-order valence-electron chi connectivity index (χ3n) is 3.78. The molecule has 0 radical (unpaired) electrons. The zero-order chi connectivity index (χ0) is 13.1. The van der Waals surface area contributed by atoms with Crippen LogP contribution in [0, 0.1) is 5.92 Å². The maximum absolute atomic E-state index is 5.63. The van der Waals surface area contributed by atoms with E-state index >= 15 is 0 Å². The van der Waals surface area contributed by atoms with Gasteiger partial charge in [0.1, 0.15) is 0 Å². The molecule has 0 aliphatic heterocycles. The second-order valence-corrected chi connectivity index (χ2v) is 6.22. The summed E-state index contributed by atoms with van der Waals surface area (Å²) in [7, 11) is 0. The Bertz CT molecular complexity index is 332. The monoisotopic (exact) mass is 233 g/mol. The summed E-state index contributed by atoms with van der Waals surface area (Å²) >= 11 is 0. The van der Waals surface area contributed by atoms with Crippen LogP contribution in [-0.4, -0.2) is 6.54 Å². The molecule has 0 saturated carbocycles. The first kappa shape index (κ1) is 14.2. The Hall–Kier alpha value is -0.820. The van der Waals surface area contributed by atoms with Gasteiger partial charge in [-0.2, -0.15) is 0 Å².